The lowest BCUT2D eigenvalue weighted by Crippen LogP contribution is -1.88. The molecule has 4 nitrogen and oxygen atoms in total. The number of hydrogen-bond donors (Lipinski definition) is 1. The molecule has 0 bridgehead atoms. The van der Waals surface area contributed by atoms with Crippen molar-refractivity contribution in [3.8, 4) is 5.75 Å². The predicted molar refractivity (Wildman–Crippen MR) is 51.1 cm³/mol. The zero-order chi connectivity index (χ0) is 11.3. The molecule has 0 aromatic heterocycles. The van der Waals surface area contributed by atoms with E-state index in [1.807, 2.05) is 0 Å². The summed E-state index contributed by atoms with van der Waals surface area (Å²) in [5.74, 6) is -2.22. The topological polar surface area (TPSA) is 69.0 Å². The molecule has 0 atom stereocenters. The van der Waals surface area contributed by atoms with Gasteiger partial charge in [-0.2, -0.15) is 0 Å². The average Bonchev–Trinajstić information content (AvgIpc) is 2.15. The fourth-order valence-corrected chi connectivity index (χ4v) is 0.984. The van der Waals surface area contributed by atoms with Crippen LogP contribution in [0.2, 0.25) is 0 Å². The molecule has 1 N–H and O–H groups in total. The lowest BCUT2D eigenvalue weighted by Gasteiger charge is -1.99. The highest BCUT2D eigenvalue weighted by Crippen LogP contribution is 2.20. The van der Waals surface area contributed by atoms with Crippen LogP contribution in [0.15, 0.2) is 23.3 Å². The van der Waals surface area contributed by atoms with Crippen LogP contribution in [0.25, 0.3) is 16.5 Å². The Kier molecular flexibility index (Phi) is 3.65. The van der Waals surface area contributed by atoms with Gasteiger partial charge in [-0.15, -0.1) is 0 Å². The summed E-state index contributed by atoms with van der Waals surface area (Å²) in [7, 11) is 0. The number of hydrogen-bond acceptors (Lipinski definition) is 2. The minimum Gasteiger partial charge on any atom is -0.508 e. The minimum atomic E-state index is -0.871. The molecule has 0 heterocycles. The second kappa shape index (κ2) is 4.97. The largest absolute Gasteiger partial charge is 0.508 e. The van der Waals surface area contributed by atoms with E-state index in [9.17, 15) is 8.78 Å². The Morgan fingerprint density at radius 2 is 2.00 bits per heavy atom. The molecule has 0 aliphatic heterocycles. The normalized spacial score (nSPS) is 10.3. The van der Waals surface area contributed by atoms with Gasteiger partial charge < -0.3 is 5.11 Å². The molecule has 0 aliphatic carbocycles. The van der Waals surface area contributed by atoms with Crippen LogP contribution in [0.1, 0.15) is 5.56 Å². The van der Waals surface area contributed by atoms with Gasteiger partial charge in [0.2, 0.25) is 0 Å². The Hall–Kier alpha value is -2.07. The third kappa shape index (κ3) is 2.96. The van der Waals surface area contributed by atoms with Gasteiger partial charge in [-0.05, 0) is 5.53 Å². The molecule has 78 valence electrons. The number of aromatic hydroxyl groups is 1. The third-order valence-electron chi connectivity index (χ3n) is 1.60. The van der Waals surface area contributed by atoms with E-state index in [0.717, 1.165) is 18.2 Å². The van der Waals surface area contributed by atoms with Crippen LogP contribution in [0.5, 0.6) is 5.75 Å². The summed E-state index contributed by atoms with van der Waals surface area (Å²) in [4.78, 5) is 2.47. The van der Waals surface area contributed by atoms with Gasteiger partial charge in [0.25, 0.3) is 0 Å². The first-order chi connectivity index (χ1) is 7.15. The molecule has 1 aromatic rings. The molecule has 0 saturated heterocycles. The van der Waals surface area contributed by atoms with E-state index >= 15 is 0 Å². The van der Waals surface area contributed by atoms with E-state index in [2.05, 4.69) is 10.0 Å². The van der Waals surface area contributed by atoms with Crippen LogP contribution in [0.3, 0.4) is 0 Å². The number of azide groups is 1. The van der Waals surface area contributed by atoms with Crippen LogP contribution in [-0.4, -0.2) is 11.7 Å². The zero-order valence-electron chi connectivity index (χ0n) is 7.56. The molecule has 6 heteroatoms. The first-order valence-electron chi connectivity index (χ1n) is 4.00. The fraction of sp³-hybridized carbons (Fsp3) is 0.111. The lowest BCUT2D eigenvalue weighted by atomic mass is 10.1. The van der Waals surface area contributed by atoms with Gasteiger partial charge in [0.1, 0.15) is 17.4 Å². The summed E-state index contributed by atoms with van der Waals surface area (Å²) in [5.41, 5.74) is 7.68. The molecule has 15 heavy (non-hydrogen) atoms. The molecule has 0 aliphatic rings. The van der Waals surface area contributed by atoms with E-state index < -0.39 is 17.4 Å². The Morgan fingerprint density at radius 1 is 1.40 bits per heavy atom. The molecular formula is C9H7F2N3O. The van der Waals surface area contributed by atoms with E-state index in [1.54, 1.807) is 0 Å². The van der Waals surface area contributed by atoms with Gasteiger partial charge >= 0.3 is 0 Å². The number of halogens is 2. The molecule has 0 fully saturated rings. The number of phenols is 1. The summed E-state index contributed by atoms with van der Waals surface area (Å²) in [6.07, 6.45) is 2.47. The molecular weight excluding hydrogens is 204 g/mol. The van der Waals surface area contributed by atoms with Crippen LogP contribution in [0.4, 0.5) is 8.78 Å². The first-order valence-corrected chi connectivity index (χ1v) is 4.00. The van der Waals surface area contributed by atoms with Gasteiger partial charge in [-0.1, -0.05) is 17.3 Å². The second-order valence-corrected chi connectivity index (χ2v) is 2.64. The lowest BCUT2D eigenvalue weighted by molar-refractivity contribution is 0.460. The third-order valence-corrected chi connectivity index (χ3v) is 1.60. The van der Waals surface area contributed by atoms with Crippen LogP contribution < -0.4 is 0 Å². The van der Waals surface area contributed by atoms with E-state index in [0.29, 0.717) is 0 Å². The standard InChI is InChI=1S/C9H7F2N3O/c10-8-4-6(15)5-9(11)7(8)2-1-3-13-14-12/h1-2,4-5,15H,3H2. The monoisotopic (exact) mass is 211 g/mol. The molecule has 0 unspecified atom stereocenters. The quantitative estimate of drug-likeness (QED) is 0.466. The molecule has 1 aromatic carbocycles. The van der Waals surface area contributed by atoms with E-state index in [4.69, 9.17) is 10.6 Å². The average molecular weight is 211 g/mol. The Morgan fingerprint density at radius 3 is 2.53 bits per heavy atom. The van der Waals surface area contributed by atoms with Crippen LogP contribution in [0, 0.1) is 11.6 Å². The summed E-state index contributed by atoms with van der Waals surface area (Å²) in [6, 6.07) is 1.60. The van der Waals surface area contributed by atoms with Crippen molar-refractivity contribution in [1.29, 1.82) is 0 Å². The Balaban J connectivity index is 2.94. The maximum Gasteiger partial charge on any atom is 0.137 e. The van der Waals surface area contributed by atoms with Crippen molar-refractivity contribution in [3.63, 3.8) is 0 Å². The number of rotatable bonds is 3. The molecule has 0 saturated carbocycles. The smallest absolute Gasteiger partial charge is 0.137 e. The summed E-state index contributed by atoms with van der Waals surface area (Å²) >= 11 is 0. The first kappa shape index (κ1) is 11.0. The van der Waals surface area contributed by atoms with Crippen molar-refractivity contribution >= 4 is 6.08 Å². The SMILES string of the molecule is [N-]=[N+]=NCC=Cc1c(F)cc(O)cc1F. The fourth-order valence-electron chi connectivity index (χ4n) is 0.984. The molecule has 1 rings (SSSR count). The Bertz CT molecular complexity index is 416. The van der Waals surface area contributed by atoms with Crippen molar-refractivity contribution in [1.82, 2.24) is 0 Å². The highest BCUT2D eigenvalue weighted by Gasteiger charge is 2.07. The maximum atomic E-state index is 13.1. The summed E-state index contributed by atoms with van der Waals surface area (Å²) in [5, 5.41) is 12.0. The van der Waals surface area contributed by atoms with Crippen molar-refractivity contribution in [2.24, 2.45) is 5.11 Å². The number of nitrogens with zero attached hydrogens (tertiary/aromatic N) is 3. The maximum absolute atomic E-state index is 13.1. The van der Waals surface area contributed by atoms with Crippen molar-refractivity contribution < 1.29 is 13.9 Å². The second-order valence-electron chi connectivity index (χ2n) is 2.64. The van der Waals surface area contributed by atoms with E-state index in [-0.39, 0.29) is 12.1 Å². The molecule has 0 radical (unpaired) electrons. The number of benzene rings is 1. The van der Waals surface area contributed by atoms with Crippen LogP contribution >= 0.6 is 0 Å². The van der Waals surface area contributed by atoms with Crippen molar-refractivity contribution in [2.45, 2.75) is 0 Å². The van der Waals surface area contributed by atoms with Crippen LogP contribution in [-0.2, 0) is 0 Å². The van der Waals surface area contributed by atoms with Gasteiger partial charge in [0.05, 0.1) is 0 Å². The van der Waals surface area contributed by atoms with Gasteiger partial charge in [-0.3, -0.25) is 0 Å². The highest BCUT2D eigenvalue weighted by atomic mass is 19.1. The minimum absolute atomic E-state index is 0.0102. The number of phenolic OH excluding ortho intramolecular Hbond substituents is 1. The zero-order valence-corrected chi connectivity index (χ0v) is 7.56. The Labute approximate surface area is 84.1 Å². The van der Waals surface area contributed by atoms with Gasteiger partial charge in [0.15, 0.2) is 0 Å². The highest BCUT2D eigenvalue weighted by molar-refractivity contribution is 5.52. The van der Waals surface area contributed by atoms with Gasteiger partial charge in [0, 0.05) is 29.2 Å². The van der Waals surface area contributed by atoms with Crippen molar-refractivity contribution in [2.75, 3.05) is 6.54 Å². The molecule has 0 amide bonds. The molecule has 0 spiro atoms. The summed E-state index contributed by atoms with van der Waals surface area (Å²) < 4.78 is 26.1. The van der Waals surface area contributed by atoms with Crippen molar-refractivity contribution in [3.05, 3.63) is 45.8 Å². The van der Waals surface area contributed by atoms with E-state index in [1.165, 1.54) is 6.08 Å². The van der Waals surface area contributed by atoms with Gasteiger partial charge in [-0.25, -0.2) is 8.78 Å². The predicted octanol–water partition coefficient (Wildman–Crippen LogP) is 2.99. The summed E-state index contributed by atoms with van der Waals surface area (Å²) in [6.45, 7) is 0.0102.